The minimum atomic E-state index is -0.756. The Bertz CT molecular complexity index is 1300. The van der Waals surface area contributed by atoms with Crippen molar-refractivity contribution in [3.63, 3.8) is 0 Å². The highest BCUT2D eigenvalue weighted by atomic mass is 79.9. The molecule has 1 aliphatic heterocycles. The van der Waals surface area contributed by atoms with Gasteiger partial charge in [0.05, 0.1) is 5.69 Å². The number of halogens is 2. The van der Waals surface area contributed by atoms with Gasteiger partial charge in [0.15, 0.2) is 0 Å². The monoisotopic (exact) mass is 522 g/mol. The number of para-hydroxylation sites is 1. The van der Waals surface area contributed by atoms with Crippen LogP contribution in [0.15, 0.2) is 76.8 Å². The topological polar surface area (TPSA) is 66.5 Å². The molecule has 1 saturated heterocycles. The van der Waals surface area contributed by atoms with Gasteiger partial charge < -0.3 is 0 Å². The highest BCUT2D eigenvalue weighted by molar-refractivity contribution is 9.10. The van der Waals surface area contributed by atoms with Crippen molar-refractivity contribution in [2.75, 3.05) is 4.90 Å². The largest absolute Gasteiger partial charge is 0.335 e. The fourth-order valence-corrected chi connectivity index (χ4v) is 4.35. The number of anilines is 1. The van der Waals surface area contributed by atoms with Crippen LogP contribution < -0.4 is 10.2 Å². The van der Waals surface area contributed by atoms with Crippen molar-refractivity contribution >= 4 is 57.1 Å². The van der Waals surface area contributed by atoms with Crippen LogP contribution in [-0.4, -0.2) is 17.8 Å². The van der Waals surface area contributed by atoms with Crippen molar-refractivity contribution in [2.45, 2.75) is 19.8 Å². The zero-order chi connectivity index (χ0) is 23.5. The van der Waals surface area contributed by atoms with Crippen LogP contribution in [0.2, 0.25) is 5.02 Å². The minimum absolute atomic E-state index is 0.112. The molecule has 4 amide bonds. The fourth-order valence-electron chi connectivity index (χ4n) is 3.77. The van der Waals surface area contributed by atoms with Crippen molar-refractivity contribution in [3.05, 3.63) is 104 Å². The van der Waals surface area contributed by atoms with Crippen molar-refractivity contribution in [1.82, 2.24) is 5.32 Å². The molecule has 1 N–H and O–H groups in total. The Labute approximate surface area is 205 Å². The molecule has 0 saturated carbocycles. The first-order valence-corrected chi connectivity index (χ1v) is 11.6. The summed E-state index contributed by atoms with van der Waals surface area (Å²) in [6.07, 6.45) is 2.68. The molecule has 5 nitrogen and oxygen atoms in total. The molecule has 166 valence electrons. The highest BCUT2D eigenvalue weighted by Gasteiger charge is 2.37. The maximum atomic E-state index is 13.4. The van der Waals surface area contributed by atoms with E-state index in [1.807, 2.05) is 61.5 Å². The van der Waals surface area contributed by atoms with Gasteiger partial charge in [0.2, 0.25) is 0 Å². The molecule has 1 fully saturated rings. The number of carbonyl (C=O) groups is 3. The number of aryl methyl sites for hydroxylation is 1. The predicted molar refractivity (Wildman–Crippen MR) is 133 cm³/mol. The fraction of sp³-hybridized carbons (Fsp3) is 0.115. The number of barbiturate groups is 1. The predicted octanol–water partition coefficient (Wildman–Crippen LogP) is 5.92. The summed E-state index contributed by atoms with van der Waals surface area (Å²) >= 11 is 9.80. The van der Waals surface area contributed by atoms with E-state index in [4.69, 9.17) is 11.6 Å². The zero-order valence-electron chi connectivity index (χ0n) is 17.8. The third kappa shape index (κ3) is 4.77. The van der Waals surface area contributed by atoms with Crippen LogP contribution in [0.3, 0.4) is 0 Å². The quantitative estimate of drug-likeness (QED) is 0.333. The molecule has 0 aromatic heterocycles. The van der Waals surface area contributed by atoms with Crippen LogP contribution in [0.1, 0.15) is 29.2 Å². The highest BCUT2D eigenvalue weighted by Crippen LogP contribution is 2.28. The first-order valence-electron chi connectivity index (χ1n) is 10.4. The van der Waals surface area contributed by atoms with Gasteiger partial charge in [-0.05, 0) is 65.4 Å². The summed E-state index contributed by atoms with van der Waals surface area (Å²) in [5, 5.41) is 2.94. The number of nitrogens with one attached hydrogen (secondary N) is 1. The number of imide groups is 2. The van der Waals surface area contributed by atoms with E-state index in [-0.39, 0.29) is 5.57 Å². The number of hydrogen-bond acceptors (Lipinski definition) is 3. The lowest BCUT2D eigenvalue weighted by Crippen LogP contribution is -2.54. The molecule has 7 heteroatoms. The molecule has 3 aromatic rings. The number of benzene rings is 3. The number of urea groups is 1. The molecule has 4 rings (SSSR count). The normalized spacial score (nSPS) is 15.2. The molecule has 1 heterocycles. The summed E-state index contributed by atoms with van der Waals surface area (Å²) in [7, 11) is 0. The second-order valence-corrected chi connectivity index (χ2v) is 8.87. The van der Waals surface area contributed by atoms with Gasteiger partial charge in [-0.15, -0.1) is 0 Å². The molecule has 0 radical (unpaired) electrons. The van der Waals surface area contributed by atoms with Crippen LogP contribution in [0, 0.1) is 0 Å². The number of amides is 4. The summed E-state index contributed by atoms with van der Waals surface area (Å²) in [6, 6.07) is 19.6. The number of hydrogen-bond donors (Lipinski definition) is 1. The maximum Gasteiger partial charge on any atom is 0.335 e. The van der Waals surface area contributed by atoms with Crippen molar-refractivity contribution < 1.29 is 14.4 Å². The van der Waals surface area contributed by atoms with Gasteiger partial charge in [-0.2, -0.15) is 0 Å². The second-order valence-electron chi connectivity index (χ2n) is 7.55. The summed E-state index contributed by atoms with van der Waals surface area (Å²) in [4.78, 5) is 39.7. The van der Waals surface area contributed by atoms with E-state index >= 15 is 0 Å². The van der Waals surface area contributed by atoms with Crippen molar-refractivity contribution in [1.29, 1.82) is 0 Å². The first-order chi connectivity index (χ1) is 15.9. The first kappa shape index (κ1) is 23.0. The van der Waals surface area contributed by atoms with Gasteiger partial charge in [0.1, 0.15) is 5.57 Å². The Morgan fingerprint density at radius 2 is 1.64 bits per heavy atom. The lowest BCUT2D eigenvalue weighted by atomic mass is 9.97. The molecule has 1 aliphatic rings. The molecular formula is C26H20BrClN2O3. The van der Waals surface area contributed by atoms with Gasteiger partial charge in [0, 0.05) is 9.50 Å². The molecule has 0 aliphatic carbocycles. The molecule has 0 bridgehead atoms. The molecule has 0 atom stereocenters. The SMILES string of the molecule is CCc1ccccc1N1C(=O)NC(=O)/C(=C/c2cc(Br)ccc2Cc2ccccc2Cl)C1=O. The number of carbonyl (C=O) groups excluding carboxylic acids is 3. The summed E-state index contributed by atoms with van der Waals surface area (Å²) in [6.45, 7) is 1.94. The Morgan fingerprint density at radius 3 is 2.36 bits per heavy atom. The van der Waals surface area contributed by atoms with Crippen LogP contribution >= 0.6 is 27.5 Å². The van der Waals surface area contributed by atoms with Crippen molar-refractivity contribution in [3.8, 4) is 0 Å². The maximum absolute atomic E-state index is 13.4. The van der Waals surface area contributed by atoms with Gasteiger partial charge in [-0.25, -0.2) is 9.69 Å². The van der Waals surface area contributed by atoms with E-state index in [9.17, 15) is 14.4 Å². The second kappa shape index (κ2) is 9.73. The van der Waals surface area contributed by atoms with Crippen LogP contribution in [0.25, 0.3) is 6.08 Å². The standard InChI is InChI=1S/C26H20BrClN2O3/c1-2-16-7-4-6-10-23(16)30-25(32)21(24(31)29-26(30)33)15-19-14-20(27)12-11-17(19)13-18-8-3-5-9-22(18)28/h3-12,14-15H,2,13H2,1H3,(H,29,31,33)/b21-15-. The third-order valence-electron chi connectivity index (χ3n) is 5.46. The van der Waals surface area contributed by atoms with E-state index in [2.05, 4.69) is 21.2 Å². The summed E-state index contributed by atoms with van der Waals surface area (Å²) in [5.74, 6) is -1.38. The zero-order valence-corrected chi connectivity index (χ0v) is 20.1. The van der Waals surface area contributed by atoms with Gasteiger partial charge in [-0.1, -0.05) is 76.9 Å². The molecular weight excluding hydrogens is 504 g/mol. The van der Waals surface area contributed by atoms with Crippen LogP contribution in [0.4, 0.5) is 10.5 Å². The average molecular weight is 524 g/mol. The molecule has 0 unspecified atom stereocenters. The van der Waals surface area contributed by atoms with Crippen LogP contribution in [-0.2, 0) is 22.4 Å². The summed E-state index contributed by atoms with van der Waals surface area (Å²) < 4.78 is 0.796. The summed E-state index contributed by atoms with van der Waals surface area (Å²) in [5.41, 5.74) is 3.67. The minimum Gasteiger partial charge on any atom is -0.273 e. The number of nitrogens with zero attached hydrogens (tertiary/aromatic N) is 1. The molecule has 3 aromatic carbocycles. The lowest BCUT2D eigenvalue weighted by molar-refractivity contribution is -0.122. The Morgan fingerprint density at radius 1 is 0.939 bits per heavy atom. The average Bonchev–Trinajstić information content (AvgIpc) is 2.80. The Kier molecular flexibility index (Phi) is 6.77. The number of rotatable bonds is 5. The Hall–Kier alpha value is -3.22. The van der Waals surface area contributed by atoms with Crippen molar-refractivity contribution in [2.24, 2.45) is 0 Å². The third-order valence-corrected chi connectivity index (χ3v) is 6.32. The Balaban J connectivity index is 1.77. The van der Waals surface area contributed by atoms with Gasteiger partial charge >= 0.3 is 6.03 Å². The van der Waals surface area contributed by atoms with E-state index in [0.717, 1.165) is 26.1 Å². The smallest absolute Gasteiger partial charge is 0.273 e. The van der Waals surface area contributed by atoms with Gasteiger partial charge in [-0.3, -0.25) is 14.9 Å². The van der Waals surface area contributed by atoms with E-state index in [1.165, 1.54) is 6.08 Å². The van der Waals surface area contributed by atoms with E-state index in [1.54, 1.807) is 12.1 Å². The van der Waals surface area contributed by atoms with E-state index < -0.39 is 17.8 Å². The van der Waals surface area contributed by atoms with E-state index in [0.29, 0.717) is 29.1 Å². The molecule has 0 spiro atoms. The molecule has 33 heavy (non-hydrogen) atoms. The van der Waals surface area contributed by atoms with Crippen LogP contribution in [0.5, 0.6) is 0 Å². The van der Waals surface area contributed by atoms with Gasteiger partial charge in [0.25, 0.3) is 11.8 Å². The lowest BCUT2D eigenvalue weighted by Gasteiger charge is -2.28.